The quantitative estimate of drug-likeness (QED) is 0.441. The third-order valence-electron chi connectivity index (χ3n) is 0.327. The van der Waals surface area contributed by atoms with Gasteiger partial charge in [-0.25, -0.2) is 8.42 Å². The van der Waals surface area contributed by atoms with Crippen LogP contribution in [-0.4, -0.2) is 26.5 Å². The molecular formula is C2H7NO3S. The van der Waals surface area contributed by atoms with Gasteiger partial charge in [-0.2, -0.15) is 4.72 Å². The van der Waals surface area contributed by atoms with E-state index in [1.807, 2.05) is 4.72 Å². The summed E-state index contributed by atoms with van der Waals surface area (Å²) in [5.41, 5.74) is 0. The predicted octanol–water partition coefficient (Wildman–Crippen LogP) is -1.51. The maximum absolute atomic E-state index is 9.96. The molecule has 0 amide bonds. The largest absolute Gasteiger partial charge is 0.380 e. The van der Waals surface area contributed by atoms with E-state index in [1.54, 1.807) is 0 Å². The van der Waals surface area contributed by atoms with Crippen LogP contribution in [0.2, 0.25) is 0 Å². The van der Waals surface area contributed by atoms with E-state index in [-0.39, 0.29) is 0 Å². The first-order valence-electron chi connectivity index (χ1n) is 1.62. The van der Waals surface area contributed by atoms with Crippen molar-refractivity contribution in [3.8, 4) is 0 Å². The average Bonchev–Trinajstić information content (AvgIpc) is 1.30. The van der Waals surface area contributed by atoms with Crippen LogP contribution in [0.3, 0.4) is 0 Å². The number of aliphatic hydroxyl groups excluding tert-OH is 1. The lowest BCUT2D eigenvalue weighted by Gasteiger charge is -1.91. The molecule has 5 heteroatoms. The van der Waals surface area contributed by atoms with Gasteiger partial charge in [-0.15, -0.1) is 0 Å². The van der Waals surface area contributed by atoms with Crippen molar-refractivity contribution in [2.75, 3.05) is 13.0 Å². The van der Waals surface area contributed by atoms with Crippen molar-refractivity contribution in [3.63, 3.8) is 0 Å². The van der Waals surface area contributed by atoms with Gasteiger partial charge in [-0.05, 0) is 0 Å². The summed E-state index contributed by atoms with van der Waals surface area (Å²) in [5.74, 6) is 0. The van der Waals surface area contributed by atoms with E-state index in [0.29, 0.717) is 0 Å². The SMILES string of the molecule is CS(=O)(=O)NCO. The molecule has 2 N–H and O–H groups in total. The van der Waals surface area contributed by atoms with Crippen molar-refractivity contribution >= 4 is 10.0 Å². The maximum atomic E-state index is 9.96. The molecule has 0 rings (SSSR count). The lowest BCUT2D eigenvalue weighted by molar-refractivity contribution is 0.289. The fraction of sp³-hybridized carbons (Fsp3) is 1.00. The summed E-state index contributed by atoms with van der Waals surface area (Å²) in [6, 6.07) is 0. The molecule has 4 nitrogen and oxygen atoms in total. The van der Waals surface area contributed by atoms with Crippen molar-refractivity contribution in [2.45, 2.75) is 0 Å². The first-order chi connectivity index (χ1) is 3.06. The summed E-state index contributed by atoms with van der Waals surface area (Å²) in [7, 11) is -3.17. The van der Waals surface area contributed by atoms with Gasteiger partial charge in [0.1, 0.15) is 6.73 Å². The fourth-order valence-electron chi connectivity index (χ4n) is 0.117. The molecular weight excluding hydrogens is 118 g/mol. The highest BCUT2D eigenvalue weighted by molar-refractivity contribution is 7.88. The van der Waals surface area contributed by atoms with E-state index in [4.69, 9.17) is 5.11 Å². The number of nitrogens with one attached hydrogen (secondary N) is 1. The molecule has 0 fully saturated rings. The minimum atomic E-state index is -3.17. The normalized spacial score (nSPS) is 11.7. The third-order valence-corrected chi connectivity index (χ3v) is 0.980. The zero-order valence-electron chi connectivity index (χ0n) is 3.88. The zero-order valence-corrected chi connectivity index (χ0v) is 4.70. The summed E-state index contributed by atoms with van der Waals surface area (Å²) in [4.78, 5) is 0. The molecule has 0 radical (unpaired) electrons. The Morgan fingerprint density at radius 1 is 1.71 bits per heavy atom. The number of aliphatic hydroxyl groups is 1. The summed E-state index contributed by atoms with van der Waals surface area (Å²) < 4.78 is 21.7. The number of rotatable bonds is 2. The number of hydrogen-bond donors (Lipinski definition) is 2. The van der Waals surface area contributed by atoms with Crippen LogP contribution >= 0.6 is 0 Å². The average molecular weight is 125 g/mol. The highest BCUT2D eigenvalue weighted by Crippen LogP contribution is 1.66. The van der Waals surface area contributed by atoms with Crippen LogP contribution in [0.4, 0.5) is 0 Å². The van der Waals surface area contributed by atoms with E-state index >= 15 is 0 Å². The van der Waals surface area contributed by atoms with Crippen LogP contribution < -0.4 is 4.72 Å². The Hall–Kier alpha value is -0.130. The second-order valence-electron chi connectivity index (χ2n) is 1.07. The van der Waals surface area contributed by atoms with Crippen molar-refractivity contribution < 1.29 is 13.5 Å². The Bertz CT molecular complexity index is 126. The summed E-state index contributed by atoms with van der Waals surface area (Å²) >= 11 is 0. The molecule has 0 heterocycles. The second kappa shape index (κ2) is 2.25. The van der Waals surface area contributed by atoms with Crippen molar-refractivity contribution in [1.29, 1.82) is 0 Å². The van der Waals surface area contributed by atoms with Gasteiger partial charge in [-0.1, -0.05) is 0 Å². The molecule has 0 saturated carbocycles. The molecule has 7 heavy (non-hydrogen) atoms. The highest BCUT2D eigenvalue weighted by atomic mass is 32.2. The van der Waals surface area contributed by atoms with Crippen molar-refractivity contribution in [3.05, 3.63) is 0 Å². The number of sulfonamides is 1. The molecule has 0 aromatic rings. The van der Waals surface area contributed by atoms with Gasteiger partial charge in [0.15, 0.2) is 0 Å². The topological polar surface area (TPSA) is 66.4 Å². The Kier molecular flexibility index (Phi) is 2.21. The van der Waals surface area contributed by atoms with Gasteiger partial charge < -0.3 is 5.11 Å². The highest BCUT2D eigenvalue weighted by Gasteiger charge is 1.93. The number of hydrogen-bond acceptors (Lipinski definition) is 3. The van der Waals surface area contributed by atoms with Crippen molar-refractivity contribution in [1.82, 2.24) is 4.72 Å². The standard InChI is InChI=1S/C2H7NO3S/c1-7(5,6)3-2-4/h3-4H,2H2,1H3. The first kappa shape index (κ1) is 6.87. The minimum absolute atomic E-state index is 0.529. The van der Waals surface area contributed by atoms with Gasteiger partial charge in [0.2, 0.25) is 10.0 Å². The van der Waals surface area contributed by atoms with Gasteiger partial charge in [0.25, 0.3) is 0 Å². The van der Waals surface area contributed by atoms with E-state index in [2.05, 4.69) is 0 Å². The summed E-state index contributed by atoms with van der Waals surface area (Å²) in [5, 5.41) is 7.91. The summed E-state index contributed by atoms with van der Waals surface area (Å²) in [6.07, 6.45) is 0.975. The molecule has 44 valence electrons. The molecule has 0 bridgehead atoms. The minimum Gasteiger partial charge on any atom is -0.380 e. The van der Waals surface area contributed by atoms with Crippen LogP contribution in [0.1, 0.15) is 0 Å². The van der Waals surface area contributed by atoms with Crippen molar-refractivity contribution in [2.24, 2.45) is 0 Å². The molecule has 0 aliphatic heterocycles. The van der Waals surface area contributed by atoms with Crippen LogP contribution in [-0.2, 0) is 10.0 Å². The van der Waals surface area contributed by atoms with Gasteiger partial charge in [-0.3, -0.25) is 0 Å². The predicted molar refractivity (Wildman–Crippen MR) is 25.1 cm³/mol. The Morgan fingerprint density at radius 3 is 2.14 bits per heavy atom. The second-order valence-corrected chi connectivity index (χ2v) is 2.91. The smallest absolute Gasteiger partial charge is 0.210 e. The lowest BCUT2D eigenvalue weighted by atomic mass is 11.4. The molecule has 0 aliphatic carbocycles. The van der Waals surface area contributed by atoms with Gasteiger partial charge in [0.05, 0.1) is 6.26 Å². The van der Waals surface area contributed by atoms with E-state index in [0.717, 1.165) is 6.26 Å². The van der Waals surface area contributed by atoms with Crippen LogP contribution in [0.15, 0.2) is 0 Å². The lowest BCUT2D eigenvalue weighted by Crippen LogP contribution is -2.22. The summed E-state index contributed by atoms with van der Waals surface area (Å²) in [6.45, 7) is -0.529. The monoisotopic (exact) mass is 125 g/mol. The van der Waals surface area contributed by atoms with Crippen LogP contribution in [0, 0.1) is 0 Å². The molecule has 0 aromatic heterocycles. The third kappa shape index (κ3) is 5.87. The van der Waals surface area contributed by atoms with E-state index < -0.39 is 16.8 Å². The molecule has 0 unspecified atom stereocenters. The molecule has 0 atom stereocenters. The molecule has 0 aliphatic rings. The molecule has 0 spiro atoms. The Labute approximate surface area is 42.2 Å². The van der Waals surface area contributed by atoms with Crippen LogP contribution in [0.25, 0.3) is 0 Å². The van der Waals surface area contributed by atoms with Crippen LogP contribution in [0.5, 0.6) is 0 Å². The molecule has 0 aromatic carbocycles. The fourth-order valence-corrected chi connectivity index (χ4v) is 0.352. The van der Waals surface area contributed by atoms with E-state index in [1.165, 1.54) is 0 Å². The van der Waals surface area contributed by atoms with Gasteiger partial charge >= 0.3 is 0 Å². The first-order valence-corrected chi connectivity index (χ1v) is 3.51. The van der Waals surface area contributed by atoms with E-state index in [9.17, 15) is 8.42 Å². The Morgan fingerprint density at radius 2 is 2.14 bits per heavy atom. The Balaban J connectivity index is 3.60. The zero-order chi connectivity index (χ0) is 5.91. The molecule has 0 saturated heterocycles. The van der Waals surface area contributed by atoms with Gasteiger partial charge in [0, 0.05) is 0 Å². The maximum Gasteiger partial charge on any atom is 0.210 e.